The van der Waals surface area contributed by atoms with Crippen molar-refractivity contribution in [3.8, 4) is 11.3 Å². The maximum atomic E-state index is 10.4. The van der Waals surface area contributed by atoms with Gasteiger partial charge in [0.25, 0.3) is 0 Å². The Bertz CT molecular complexity index is 934. The zero-order chi connectivity index (χ0) is 18.9. The quantitative estimate of drug-likeness (QED) is 0.755. The first-order chi connectivity index (χ1) is 13.8. The van der Waals surface area contributed by atoms with Crippen LogP contribution in [0, 0.1) is 0 Å². The standard InChI is InChI=1S/C21H26N6O/c28-19-6-2-1-5-18(19)26-12-9-15(10-13-26)21-24-23-20-8-7-17(25-27(20)21)16-4-3-11-22-14-16/h3-4,7-8,11,14-15,18-19,28H,1-2,5-6,9-10,12-13H2. The number of likely N-dealkylation sites (tertiary alicyclic amines) is 1. The summed E-state index contributed by atoms with van der Waals surface area (Å²) in [7, 11) is 0. The van der Waals surface area contributed by atoms with Crippen LogP contribution in [-0.2, 0) is 0 Å². The van der Waals surface area contributed by atoms with E-state index in [2.05, 4.69) is 20.1 Å². The Hall–Kier alpha value is -2.38. The van der Waals surface area contributed by atoms with E-state index in [9.17, 15) is 5.11 Å². The predicted molar refractivity (Wildman–Crippen MR) is 106 cm³/mol. The van der Waals surface area contributed by atoms with Crippen LogP contribution in [0.1, 0.15) is 50.3 Å². The molecule has 2 unspecified atom stereocenters. The van der Waals surface area contributed by atoms with Crippen LogP contribution in [0.5, 0.6) is 0 Å². The van der Waals surface area contributed by atoms with Crippen molar-refractivity contribution >= 4 is 5.65 Å². The topological polar surface area (TPSA) is 79.4 Å². The smallest absolute Gasteiger partial charge is 0.177 e. The number of pyridine rings is 1. The Kier molecular flexibility index (Phi) is 4.78. The average molecular weight is 378 g/mol. The second-order valence-electron chi connectivity index (χ2n) is 8.02. The number of nitrogens with zero attached hydrogens (tertiary/aromatic N) is 6. The predicted octanol–water partition coefficient (Wildman–Crippen LogP) is 2.67. The third-order valence-corrected chi connectivity index (χ3v) is 6.30. The number of piperidine rings is 1. The highest BCUT2D eigenvalue weighted by Crippen LogP contribution is 2.31. The van der Waals surface area contributed by atoms with E-state index < -0.39 is 0 Å². The van der Waals surface area contributed by atoms with Gasteiger partial charge in [0.1, 0.15) is 0 Å². The molecule has 0 aromatic carbocycles. The summed E-state index contributed by atoms with van der Waals surface area (Å²) in [5, 5.41) is 24.0. The number of rotatable bonds is 3. The Morgan fingerprint density at radius 1 is 0.964 bits per heavy atom. The molecule has 1 saturated carbocycles. The molecular weight excluding hydrogens is 352 g/mol. The van der Waals surface area contributed by atoms with Gasteiger partial charge in [0.05, 0.1) is 11.8 Å². The minimum absolute atomic E-state index is 0.164. The van der Waals surface area contributed by atoms with Crippen molar-refractivity contribution in [3.05, 3.63) is 42.5 Å². The molecule has 7 heteroatoms. The van der Waals surface area contributed by atoms with Gasteiger partial charge in [-0.25, -0.2) is 0 Å². The minimum atomic E-state index is -0.164. The van der Waals surface area contributed by atoms with Gasteiger partial charge in [0.2, 0.25) is 0 Å². The van der Waals surface area contributed by atoms with Gasteiger partial charge in [0, 0.05) is 29.9 Å². The van der Waals surface area contributed by atoms with E-state index in [1.165, 1.54) is 6.42 Å². The van der Waals surface area contributed by atoms with Gasteiger partial charge in [0.15, 0.2) is 11.5 Å². The molecule has 1 aliphatic carbocycles. The van der Waals surface area contributed by atoms with Crippen molar-refractivity contribution in [1.82, 2.24) is 29.7 Å². The van der Waals surface area contributed by atoms with E-state index in [4.69, 9.17) is 5.10 Å². The highest BCUT2D eigenvalue weighted by molar-refractivity contribution is 5.58. The normalized spacial score (nSPS) is 24.6. The largest absolute Gasteiger partial charge is 0.391 e. The molecule has 0 spiro atoms. The van der Waals surface area contributed by atoms with Crippen molar-refractivity contribution in [2.24, 2.45) is 0 Å². The van der Waals surface area contributed by atoms with Gasteiger partial charge in [-0.05, 0) is 63.0 Å². The molecule has 3 aromatic rings. The fraction of sp³-hybridized carbons (Fsp3) is 0.524. The summed E-state index contributed by atoms with van der Waals surface area (Å²) < 4.78 is 1.90. The molecule has 3 aromatic heterocycles. The van der Waals surface area contributed by atoms with E-state index in [0.29, 0.717) is 12.0 Å². The van der Waals surface area contributed by atoms with Crippen molar-refractivity contribution in [2.45, 2.75) is 56.6 Å². The second kappa shape index (κ2) is 7.56. The Labute approximate surface area is 164 Å². The van der Waals surface area contributed by atoms with Crippen LogP contribution >= 0.6 is 0 Å². The van der Waals surface area contributed by atoms with Crippen LogP contribution in [0.25, 0.3) is 16.9 Å². The molecule has 0 amide bonds. The van der Waals surface area contributed by atoms with Crippen LogP contribution in [0.4, 0.5) is 0 Å². The van der Waals surface area contributed by atoms with Crippen molar-refractivity contribution in [1.29, 1.82) is 0 Å². The summed E-state index contributed by atoms with van der Waals surface area (Å²) in [5.74, 6) is 1.30. The first kappa shape index (κ1) is 17.7. The summed E-state index contributed by atoms with van der Waals surface area (Å²) in [6.07, 6.45) is 9.95. The summed E-state index contributed by atoms with van der Waals surface area (Å²) >= 11 is 0. The molecule has 2 atom stereocenters. The van der Waals surface area contributed by atoms with Gasteiger partial charge in [-0.3, -0.25) is 9.88 Å². The maximum absolute atomic E-state index is 10.4. The molecule has 7 nitrogen and oxygen atoms in total. The molecule has 5 rings (SSSR count). The van der Waals surface area contributed by atoms with Gasteiger partial charge in [-0.15, -0.1) is 10.2 Å². The lowest BCUT2D eigenvalue weighted by Gasteiger charge is -2.41. The highest BCUT2D eigenvalue weighted by Gasteiger charge is 2.33. The van der Waals surface area contributed by atoms with E-state index in [1.54, 1.807) is 6.20 Å². The number of aliphatic hydroxyl groups excluding tert-OH is 1. The lowest BCUT2D eigenvalue weighted by atomic mass is 9.88. The first-order valence-electron chi connectivity index (χ1n) is 10.3. The zero-order valence-corrected chi connectivity index (χ0v) is 16.0. The minimum Gasteiger partial charge on any atom is -0.391 e. The summed E-state index contributed by atoms with van der Waals surface area (Å²) in [6.45, 7) is 2.01. The number of aromatic nitrogens is 5. The van der Waals surface area contributed by atoms with Crippen LogP contribution in [-0.4, -0.2) is 60.0 Å². The average Bonchev–Trinajstić information content (AvgIpc) is 3.18. The Balaban J connectivity index is 1.35. The molecule has 4 heterocycles. The number of hydrogen-bond donors (Lipinski definition) is 1. The van der Waals surface area contributed by atoms with E-state index in [1.807, 2.05) is 35.0 Å². The van der Waals surface area contributed by atoms with Crippen molar-refractivity contribution in [3.63, 3.8) is 0 Å². The number of hydrogen-bond acceptors (Lipinski definition) is 6. The lowest BCUT2D eigenvalue weighted by Crippen LogP contribution is -2.48. The summed E-state index contributed by atoms with van der Waals surface area (Å²) in [6, 6.07) is 8.21. The van der Waals surface area contributed by atoms with Gasteiger partial charge in [-0.2, -0.15) is 9.61 Å². The monoisotopic (exact) mass is 378 g/mol. The van der Waals surface area contributed by atoms with Crippen molar-refractivity contribution in [2.75, 3.05) is 13.1 Å². The molecule has 28 heavy (non-hydrogen) atoms. The van der Waals surface area contributed by atoms with Crippen LogP contribution in [0.15, 0.2) is 36.7 Å². The molecule has 146 valence electrons. The Morgan fingerprint density at radius 3 is 2.61 bits per heavy atom. The molecule has 1 N–H and O–H groups in total. The molecule has 2 aliphatic rings. The zero-order valence-electron chi connectivity index (χ0n) is 16.0. The van der Waals surface area contributed by atoms with Gasteiger partial charge in [-0.1, -0.05) is 12.8 Å². The van der Waals surface area contributed by atoms with Gasteiger partial charge < -0.3 is 5.11 Å². The maximum Gasteiger partial charge on any atom is 0.177 e. The molecule has 0 radical (unpaired) electrons. The first-order valence-corrected chi connectivity index (χ1v) is 10.3. The summed E-state index contributed by atoms with van der Waals surface area (Å²) in [4.78, 5) is 6.68. The second-order valence-corrected chi connectivity index (χ2v) is 8.02. The SMILES string of the molecule is OC1CCCCC1N1CCC(c2nnc3ccc(-c4cccnc4)nn23)CC1. The van der Waals surface area contributed by atoms with Crippen LogP contribution in [0.2, 0.25) is 0 Å². The molecular formula is C21H26N6O. The number of fused-ring (bicyclic) bond motifs is 1. The summed E-state index contributed by atoms with van der Waals surface area (Å²) in [5.41, 5.74) is 2.65. The molecule has 0 bridgehead atoms. The third-order valence-electron chi connectivity index (χ3n) is 6.30. The third kappa shape index (κ3) is 3.29. The van der Waals surface area contributed by atoms with Crippen LogP contribution in [0.3, 0.4) is 0 Å². The van der Waals surface area contributed by atoms with E-state index in [-0.39, 0.29) is 6.10 Å². The van der Waals surface area contributed by atoms with Gasteiger partial charge >= 0.3 is 0 Å². The molecule has 2 fully saturated rings. The fourth-order valence-electron chi connectivity index (χ4n) is 4.74. The lowest BCUT2D eigenvalue weighted by molar-refractivity contribution is 0.00826. The number of aliphatic hydroxyl groups is 1. The molecule has 1 saturated heterocycles. The van der Waals surface area contributed by atoms with E-state index >= 15 is 0 Å². The van der Waals surface area contributed by atoms with Crippen molar-refractivity contribution < 1.29 is 5.11 Å². The fourth-order valence-corrected chi connectivity index (χ4v) is 4.74. The molecule has 1 aliphatic heterocycles. The Morgan fingerprint density at radius 2 is 1.82 bits per heavy atom. The highest BCUT2D eigenvalue weighted by atomic mass is 16.3. The van der Waals surface area contributed by atoms with E-state index in [0.717, 1.165) is 67.9 Å². The van der Waals surface area contributed by atoms with Crippen LogP contribution < -0.4 is 0 Å².